The third kappa shape index (κ3) is 4.73. The Labute approximate surface area is 160 Å². The lowest BCUT2D eigenvalue weighted by atomic mass is 10.0. The highest BCUT2D eigenvalue weighted by Crippen LogP contribution is 2.20. The lowest BCUT2D eigenvalue weighted by Crippen LogP contribution is -2.47. The first-order chi connectivity index (χ1) is 13.1. The molecule has 1 amide bonds. The molecule has 27 heavy (non-hydrogen) atoms. The van der Waals surface area contributed by atoms with E-state index in [0.717, 1.165) is 28.3 Å². The van der Waals surface area contributed by atoms with Crippen LogP contribution in [0.1, 0.15) is 17.5 Å². The number of benzene rings is 3. The largest absolute Gasteiger partial charge is 0.382 e. The average Bonchev–Trinajstić information content (AvgIpc) is 2.72. The van der Waals surface area contributed by atoms with Crippen molar-refractivity contribution in [2.75, 3.05) is 7.05 Å². The average molecular weight is 362 g/mol. The molecule has 3 aromatic carbocycles. The summed E-state index contributed by atoms with van der Waals surface area (Å²) in [4.78, 5) is 14.2. The third-order valence-corrected chi connectivity index (χ3v) is 4.93. The molecule has 4 nitrogen and oxygen atoms in total. The number of aliphatic hydroxyl groups is 1. The van der Waals surface area contributed by atoms with Gasteiger partial charge in [-0.15, -0.1) is 0 Å². The minimum Gasteiger partial charge on any atom is -0.382 e. The molecule has 0 fully saturated rings. The van der Waals surface area contributed by atoms with Crippen LogP contribution >= 0.6 is 0 Å². The molecule has 0 aliphatic heterocycles. The Morgan fingerprint density at radius 1 is 1.00 bits per heavy atom. The van der Waals surface area contributed by atoms with E-state index in [1.807, 2.05) is 60.7 Å². The third-order valence-electron chi connectivity index (χ3n) is 4.93. The highest BCUT2D eigenvalue weighted by molar-refractivity contribution is 5.86. The number of amides is 1. The molecule has 0 saturated carbocycles. The number of carbonyl (C=O) groups is 1. The standard InChI is InChI=1S/C23H26N2O2/c1-25(16-19-12-7-11-18-10-5-6-13-20(18)19)23(27)22(26)21(24)15-14-17-8-3-2-4-9-17/h2-13,21-22,26H,14-16,24H2,1H3/t21-,22+/m1/s1. The minimum atomic E-state index is -1.20. The molecule has 0 heterocycles. The summed E-state index contributed by atoms with van der Waals surface area (Å²) in [6.45, 7) is 0.433. The molecule has 140 valence electrons. The van der Waals surface area contributed by atoms with Gasteiger partial charge in [0.15, 0.2) is 0 Å². The predicted molar refractivity (Wildman–Crippen MR) is 109 cm³/mol. The maximum Gasteiger partial charge on any atom is 0.253 e. The second-order valence-electron chi connectivity index (χ2n) is 6.97. The normalized spacial score (nSPS) is 13.3. The fourth-order valence-corrected chi connectivity index (χ4v) is 3.31. The Morgan fingerprint density at radius 2 is 1.67 bits per heavy atom. The molecule has 0 aromatic heterocycles. The van der Waals surface area contributed by atoms with Gasteiger partial charge in [-0.3, -0.25) is 4.79 Å². The number of nitrogens with two attached hydrogens (primary N) is 1. The lowest BCUT2D eigenvalue weighted by Gasteiger charge is -2.25. The maximum absolute atomic E-state index is 12.6. The van der Waals surface area contributed by atoms with Crippen molar-refractivity contribution >= 4 is 16.7 Å². The molecule has 0 unspecified atom stereocenters. The topological polar surface area (TPSA) is 66.6 Å². The molecular weight excluding hydrogens is 336 g/mol. The van der Waals surface area contributed by atoms with Crippen molar-refractivity contribution in [2.45, 2.75) is 31.5 Å². The second-order valence-corrected chi connectivity index (χ2v) is 6.97. The maximum atomic E-state index is 12.6. The van der Waals surface area contributed by atoms with Crippen LogP contribution in [0.4, 0.5) is 0 Å². The predicted octanol–water partition coefficient (Wildman–Crippen LogP) is 3.12. The van der Waals surface area contributed by atoms with Crippen LogP contribution in [0.2, 0.25) is 0 Å². The molecule has 0 bridgehead atoms. The molecule has 0 spiro atoms. The van der Waals surface area contributed by atoms with Crippen LogP contribution in [0.5, 0.6) is 0 Å². The van der Waals surface area contributed by atoms with Crippen LogP contribution < -0.4 is 5.73 Å². The van der Waals surface area contributed by atoms with Crippen LogP contribution in [0, 0.1) is 0 Å². The lowest BCUT2D eigenvalue weighted by molar-refractivity contribution is -0.140. The number of likely N-dealkylation sites (N-methyl/N-ethyl adjacent to an activating group) is 1. The van der Waals surface area contributed by atoms with E-state index >= 15 is 0 Å². The Hall–Kier alpha value is -2.69. The molecule has 3 aromatic rings. The summed E-state index contributed by atoms with van der Waals surface area (Å²) in [5, 5.41) is 12.7. The van der Waals surface area contributed by atoms with Crippen molar-refractivity contribution in [3.05, 3.63) is 83.9 Å². The van der Waals surface area contributed by atoms with E-state index in [-0.39, 0.29) is 5.91 Å². The zero-order chi connectivity index (χ0) is 19.2. The Morgan fingerprint density at radius 3 is 2.44 bits per heavy atom. The zero-order valence-electron chi connectivity index (χ0n) is 15.6. The van der Waals surface area contributed by atoms with Crippen LogP contribution in [-0.2, 0) is 17.8 Å². The summed E-state index contributed by atoms with van der Waals surface area (Å²) in [5.74, 6) is -0.344. The van der Waals surface area contributed by atoms with Crippen LogP contribution in [0.25, 0.3) is 10.8 Å². The Balaban J connectivity index is 1.61. The fraction of sp³-hybridized carbons (Fsp3) is 0.261. The SMILES string of the molecule is CN(Cc1cccc2ccccc12)C(=O)[C@@H](O)[C@H](N)CCc1ccccc1. The number of hydrogen-bond acceptors (Lipinski definition) is 3. The summed E-state index contributed by atoms with van der Waals surface area (Å²) >= 11 is 0. The van der Waals surface area contributed by atoms with Crippen molar-refractivity contribution in [3.8, 4) is 0 Å². The van der Waals surface area contributed by atoms with E-state index in [0.29, 0.717) is 13.0 Å². The van der Waals surface area contributed by atoms with Gasteiger partial charge >= 0.3 is 0 Å². The van der Waals surface area contributed by atoms with E-state index < -0.39 is 12.1 Å². The van der Waals surface area contributed by atoms with Gasteiger partial charge < -0.3 is 15.7 Å². The zero-order valence-corrected chi connectivity index (χ0v) is 15.6. The molecule has 3 rings (SSSR count). The first-order valence-corrected chi connectivity index (χ1v) is 9.25. The van der Waals surface area contributed by atoms with Gasteiger partial charge in [0, 0.05) is 19.6 Å². The van der Waals surface area contributed by atoms with Gasteiger partial charge in [0.2, 0.25) is 0 Å². The number of fused-ring (bicyclic) bond motifs is 1. The number of aryl methyl sites for hydroxylation is 1. The summed E-state index contributed by atoms with van der Waals surface area (Å²) in [6.07, 6.45) is 0.0898. The smallest absolute Gasteiger partial charge is 0.253 e. The van der Waals surface area contributed by atoms with Crippen molar-refractivity contribution < 1.29 is 9.90 Å². The molecule has 0 saturated heterocycles. The van der Waals surface area contributed by atoms with E-state index in [1.54, 1.807) is 11.9 Å². The number of aliphatic hydroxyl groups excluding tert-OH is 1. The first-order valence-electron chi connectivity index (χ1n) is 9.25. The van der Waals surface area contributed by atoms with Gasteiger partial charge in [-0.2, -0.15) is 0 Å². The Kier molecular flexibility index (Phi) is 6.22. The minimum absolute atomic E-state index is 0.344. The molecule has 4 heteroatoms. The molecule has 0 radical (unpaired) electrons. The molecule has 3 N–H and O–H groups in total. The summed E-state index contributed by atoms with van der Waals surface area (Å²) in [6, 6.07) is 23.5. The fourth-order valence-electron chi connectivity index (χ4n) is 3.31. The number of hydrogen-bond donors (Lipinski definition) is 2. The van der Waals surface area contributed by atoms with Gasteiger partial charge in [-0.25, -0.2) is 0 Å². The number of rotatable bonds is 7. The van der Waals surface area contributed by atoms with Crippen molar-refractivity contribution in [2.24, 2.45) is 5.73 Å². The van der Waals surface area contributed by atoms with E-state index in [9.17, 15) is 9.90 Å². The van der Waals surface area contributed by atoms with Crippen molar-refractivity contribution in [1.82, 2.24) is 4.90 Å². The second kappa shape index (κ2) is 8.80. The molecule has 0 aliphatic rings. The highest BCUT2D eigenvalue weighted by Gasteiger charge is 2.26. The summed E-state index contributed by atoms with van der Waals surface area (Å²) < 4.78 is 0. The number of nitrogens with zero attached hydrogens (tertiary/aromatic N) is 1. The monoisotopic (exact) mass is 362 g/mol. The van der Waals surface area contributed by atoms with Crippen LogP contribution in [0.15, 0.2) is 72.8 Å². The van der Waals surface area contributed by atoms with E-state index in [2.05, 4.69) is 12.1 Å². The molecule has 2 atom stereocenters. The number of carbonyl (C=O) groups excluding carboxylic acids is 1. The van der Waals surface area contributed by atoms with Gasteiger partial charge in [0.05, 0.1) is 0 Å². The van der Waals surface area contributed by atoms with Crippen molar-refractivity contribution in [3.63, 3.8) is 0 Å². The Bertz CT molecular complexity index is 890. The molecular formula is C23H26N2O2. The highest BCUT2D eigenvalue weighted by atomic mass is 16.3. The molecule has 0 aliphatic carbocycles. The van der Waals surface area contributed by atoms with E-state index in [1.165, 1.54) is 0 Å². The van der Waals surface area contributed by atoms with Crippen LogP contribution in [0.3, 0.4) is 0 Å². The van der Waals surface area contributed by atoms with Crippen molar-refractivity contribution in [1.29, 1.82) is 0 Å². The van der Waals surface area contributed by atoms with E-state index in [4.69, 9.17) is 5.73 Å². The van der Waals surface area contributed by atoms with Gasteiger partial charge in [0.1, 0.15) is 6.10 Å². The summed E-state index contributed by atoms with van der Waals surface area (Å²) in [7, 11) is 1.71. The first kappa shape index (κ1) is 19.1. The van der Waals surface area contributed by atoms with Gasteiger partial charge in [-0.1, -0.05) is 72.8 Å². The summed E-state index contributed by atoms with van der Waals surface area (Å²) in [5.41, 5.74) is 8.29. The van der Waals surface area contributed by atoms with Gasteiger partial charge in [0.25, 0.3) is 5.91 Å². The van der Waals surface area contributed by atoms with Crippen LogP contribution in [-0.4, -0.2) is 35.1 Å². The van der Waals surface area contributed by atoms with Gasteiger partial charge in [-0.05, 0) is 34.7 Å². The quantitative estimate of drug-likeness (QED) is 0.679.